The molecule has 2 heterocycles. The van der Waals surface area contributed by atoms with E-state index in [0.29, 0.717) is 11.6 Å². The van der Waals surface area contributed by atoms with E-state index in [0.717, 1.165) is 22.7 Å². The summed E-state index contributed by atoms with van der Waals surface area (Å²) in [4.78, 5) is 8.91. The zero-order valence-electron chi connectivity index (χ0n) is 14.3. The van der Waals surface area contributed by atoms with Crippen molar-refractivity contribution in [2.45, 2.75) is 19.6 Å². The average molecular weight is 336 g/mol. The van der Waals surface area contributed by atoms with Gasteiger partial charge in [-0.2, -0.15) is 4.98 Å². The number of nitrogens with zero attached hydrogens (tertiary/aromatic N) is 3. The molecule has 0 bridgehead atoms. The van der Waals surface area contributed by atoms with Gasteiger partial charge in [-0.15, -0.1) is 5.54 Å². The maximum atomic E-state index is 5.92. The topological polar surface area (TPSA) is 65.4 Å². The van der Waals surface area contributed by atoms with E-state index in [4.69, 9.17) is 10.5 Å². The van der Waals surface area contributed by atoms with Crippen LogP contribution in [0.2, 0.25) is 19.6 Å². The summed E-state index contributed by atoms with van der Waals surface area (Å²) in [5, 5.41) is 0. The number of para-hydroxylation sites is 1. The van der Waals surface area contributed by atoms with E-state index in [1.165, 1.54) is 0 Å². The van der Waals surface area contributed by atoms with Crippen LogP contribution in [0, 0.1) is 11.5 Å². The van der Waals surface area contributed by atoms with Gasteiger partial charge in [0.25, 0.3) is 0 Å². The van der Waals surface area contributed by atoms with Crippen molar-refractivity contribution in [2.75, 3.05) is 12.8 Å². The summed E-state index contributed by atoms with van der Waals surface area (Å²) in [5.41, 5.74) is 11.8. The Hall–Kier alpha value is -2.78. The van der Waals surface area contributed by atoms with Gasteiger partial charge < -0.3 is 10.5 Å². The Kier molecular flexibility index (Phi) is 4.04. The molecule has 0 aliphatic rings. The second-order valence-electron chi connectivity index (χ2n) is 6.56. The molecule has 0 aliphatic heterocycles. The highest BCUT2D eigenvalue weighted by Crippen LogP contribution is 2.29. The molecule has 0 radical (unpaired) electrons. The predicted molar refractivity (Wildman–Crippen MR) is 99.6 cm³/mol. The van der Waals surface area contributed by atoms with Gasteiger partial charge in [-0.05, 0) is 12.1 Å². The van der Waals surface area contributed by atoms with Crippen LogP contribution in [0.1, 0.15) is 5.69 Å². The van der Waals surface area contributed by atoms with Gasteiger partial charge in [-0.1, -0.05) is 37.7 Å². The lowest BCUT2D eigenvalue weighted by atomic mass is 10.1. The SMILES string of the molecule is COc1ccccc1-c1cn2c(C#C[Si](C)(C)C)cc(N)nc2n1. The number of rotatable bonds is 2. The zero-order valence-corrected chi connectivity index (χ0v) is 15.3. The second kappa shape index (κ2) is 6.02. The molecule has 5 nitrogen and oxygen atoms in total. The molecule has 0 aliphatic carbocycles. The lowest BCUT2D eigenvalue weighted by Gasteiger charge is -2.05. The number of ether oxygens (including phenoxy) is 1. The number of nitrogen functional groups attached to an aromatic ring is 1. The van der Waals surface area contributed by atoms with Crippen molar-refractivity contribution in [1.82, 2.24) is 14.4 Å². The van der Waals surface area contributed by atoms with Gasteiger partial charge in [-0.25, -0.2) is 4.98 Å². The van der Waals surface area contributed by atoms with Crippen molar-refractivity contribution >= 4 is 19.7 Å². The third-order valence-corrected chi connectivity index (χ3v) is 4.28. The van der Waals surface area contributed by atoms with E-state index in [-0.39, 0.29) is 0 Å². The van der Waals surface area contributed by atoms with Gasteiger partial charge in [0.1, 0.15) is 25.3 Å². The molecule has 2 aromatic heterocycles. The van der Waals surface area contributed by atoms with E-state index in [2.05, 4.69) is 41.1 Å². The van der Waals surface area contributed by atoms with Gasteiger partial charge in [0.15, 0.2) is 0 Å². The molecule has 6 heteroatoms. The molecular weight excluding hydrogens is 316 g/mol. The van der Waals surface area contributed by atoms with Crippen molar-refractivity contribution in [1.29, 1.82) is 0 Å². The zero-order chi connectivity index (χ0) is 17.3. The molecule has 0 amide bonds. The average Bonchev–Trinajstić information content (AvgIpc) is 2.95. The Morgan fingerprint density at radius 1 is 1.17 bits per heavy atom. The number of fused-ring (bicyclic) bond motifs is 1. The Morgan fingerprint density at radius 2 is 1.92 bits per heavy atom. The van der Waals surface area contributed by atoms with Crippen LogP contribution in [0.4, 0.5) is 5.82 Å². The highest BCUT2D eigenvalue weighted by atomic mass is 28.3. The fourth-order valence-electron chi connectivity index (χ4n) is 2.32. The van der Waals surface area contributed by atoms with Crippen molar-refractivity contribution in [3.63, 3.8) is 0 Å². The van der Waals surface area contributed by atoms with Crippen LogP contribution < -0.4 is 10.5 Å². The summed E-state index contributed by atoms with van der Waals surface area (Å²) >= 11 is 0. The van der Waals surface area contributed by atoms with Crippen LogP contribution >= 0.6 is 0 Å². The summed E-state index contributed by atoms with van der Waals surface area (Å²) in [5.74, 6) is 4.97. The van der Waals surface area contributed by atoms with E-state index in [1.54, 1.807) is 13.2 Å². The summed E-state index contributed by atoms with van der Waals surface area (Å²) in [6.45, 7) is 6.61. The monoisotopic (exact) mass is 336 g/mol. The molecule has 1 aromatic carbocycles. The number of imidazole rings is 1. The second-order valence-corrected chi connectivity index (χ2v) is 11.3. The van der Waals surface area contributed by atoms with Crippen LogP contribution in [0.3, 0.4) is 0 Å². The van der Waals surface area contributed by atoms with Crippen LogP contribution in [0.5, 0.6) is 5.75 Å². The van der Waals surface area contributed by atoms with E-state index in [9.17, 15) is 0 Å². The van der Waals surface area contributed by atoms with Crippen LogP contribution in [0.15, 0.2) is 36.5 Å². The quantitative estimate of drug-likeness (QED) is 0.576. The first kappa shape index (κ1) is 16.1. The van der Waals surface area contributed by atoms with Gasteiger partial charge in [0.05, 0.1) is 12.8 Å². The first-order valence-electron chi connectivity index (χ1n) is 7.69. The molecule has 2 N–H and O–H groups in total. The van der Waals surface area contributed by atoms with E-state index < -0.39 is 8.07 Å². The molecule has 24 heavy (non-hydrogen) atoms. The number of hydrogen-bond acceptors (Lipinski definition) is 4. The van der Waals surface area contributed by atoms with E-state index in [1.807, 2.05) is 34.9 Å². The molecule has 122 valence electrons. The minimum Gasteiger partial charge on any atom is -0.496 e. The maximum Gasteiger partial charge on any atom is 0.237 e. The Morgan fingerprint density at radius 3 is 2.62 bits per heavy atom. The summed E-state index contributed by atoms with van der Waals surface area (Å²) in [7, 11) is 0.156. The van der Waals surface area contributed by atoms with Crippen LogP contribution in [-0.2, 0) is 0 Å². The van der Waals surface area contributed by atoms with Gasteiger partial charge >= 0.3 is 0 Å². The first-order chi connectivity index (χ1) is 11.4. The van der Waals surface area contributed by atoms with Crippen LogP contribution in [-0.4, -0.2) is 29.6 Å². The number of benzene rings is 1. The van der Waals surface area contributed by atoms with Crippen molar-refractivity contribution in [3.05, 3.63) is 42.2 Å². The highest BCUT2D eigenvalue weighted by Gasteiger charge is 2.13. The number of methoxy groups -OCH3 is 1. The van der Waals surface area contributed by atoms with Gasteiger partial charge in [-0.3, -0.25) is 4.40 Å². The third kappa shape index (κ3) is 3.26. The fraction of sp³-hybridized carbons (Fsp3) is 0.222. The minimum absolute atomic E-state index is 0.416. The Labute approximate surface area is 142 Å². The van der Waals surface area contributed by atoms with Crippen molar-refractivity contribution in [3.8, 4) is 28.5 Å². The lowest BCUT2D eigenvalue weighted by Crippen LogP contribution is -2.16. The van der Waals surface area contributed by atoms with Crippen molar-refractivity contribution in [2.24, 2.45) is 0 Å². The first-order valence-corrected chi connectivity index (χ1v) is 11.2. The standard InChI is InChI=1S/C18H20N4OSi/c1-23-16-8-6-5-7-14(16)15-12-22-13(9-10-24(2,3)4)11-17(19)21-18(22)20-15/h5-8,11-12H,1-4H3,(H2,19,20,21). The van der Waals surface area contributed by atoms with Crippen LogP contribution in [0.25, 0.3) is 17.0 Å². The smallest absolute Gasteiger partial charge is 0.237 e. The molecule has 0 atom stereocenters. The fourth-order valence-corrected chi connectivity index (χ4v) is 2.82. The summed E-state index contributed by atoms with van der Waals surface area (Å²) in [6.07, 6.45) is 1.92. The molecule has 0 unspecified atom stereocenters. The predicted octanol–water partition coefficient (Wildman–Crippen LogP) is 3.22. The summed E-state index contributed by atoms with van der Waals surface area (Å²) in [6, 6.07) is 9.55. The highest BCUT2D eigenvalue weighted by molar-refractivity contribution is 6.83. The summed E-state index contributed by atoms with van der Waals surface area (Å²) < 4.78 is 7.31. The molecule has 0 spiro atoms. The van der Waals surface area contributed by atoms with E-state index >= 15 is 0 Å². The number of nitrogens with two attached hydrogens (primary N) is 1. The molecule has 3 rings (SSSR count). The lowest BCUT2D eigenvalue weighted by molar-refractivity contribution is 0.416. The van der Waals surface area contributed by atoms with Gasteiger partial charge in [0.2, 0.25) is 5.78 Å². The Balaban J connectivity index is 2.19. The molecule has 3 aromatic rings. The molecule has 0 saturated carbocycles. The maximum absolute atomic E-state index is 5.92. The molecule has 0 fully saturated rings. The number of anilines is 1. The number of hydrogen-bond donors (Lipinski definition) is 1. The minimum atomic E-state index is -1.49. The Bertz CT molecular complexity index is 961. The van der Waals surface area contributed by atoms with Crippen molar-refractivity contribution < 1.29 is 4.74 Å². The third-order valence-electron chi connectivity index (χ3n) is 3.41. The van der Waals surface area contributed by atoms with Gasteiger partial charge in [0, 0.05) is 17.8 Å². The largest absolute Gasteiger partial charge is 0.496 e. The normalized spacial score (nSPS) is 11.2. The molecule has 0 saturated heterocycles. The molecular formula is C18H20N4OSi. The number of aromatic nitrogens is 3.